The van der Waals surface area contributed by atoms with Gasteiger partial charge in [-0.15, -0.1) is 0 Å². The van der Waals surface area contributed by atoms with Crippen LogP contribution in [0.15, 0.2) is 47.6 Å². The summed E-state index contributed by atoms with van der Waals surface area (Å²) >= 11 is 0. The minimum Gasteiger partial charge on any atom is -0.384 e. The summed E-state index contributed by atoms with van der Waals surface area (Å²) in [7, 11) is -3.54. The van der Waals surface area contributed by atoms with Crippen LogP contribution in [0.1, 0.15) is 24.1 Å². The van der Waals surface area contributed by atoms with E-state index in [1.54, 1.807) is 36.7 Å². The summed E-state index contributed by atoms with van der Waals surface area (Å²) in [4.78, 5) is 4.22. The van der Waals surface area contributed by atoms with Crippen LogP contribution in [-0.4, -0.2) is 19.9 Å². The first kappa shape index (κ1) is 14.0. The van der Waals surface area contributed by atoms with Crippen LogP contribution in [0.3, 0.4) is 0 Å². The van der Waals surface area contributed by atoms with Crippen molar-refractivity contribution in [3.8, 4) is 0 Å². The van der Waals surface area contributed by atoms with Crippen LogP contribution in [-0.2, 0) is 16.4 Å². The summed E-state index contributed by atoms with van der Waals surface area (Å²) in [5, 5.41) is 3.20. The number of anilines is 1. The summed E-state index contributed by atoms with van der Waals surface area (Å²) < 4.78 is 27.6. The number of sulfonamides is 1. The Morgan fingerprint density at radius 2 is 2.00 bits per heavy atom. The summed E-state index contributed by atoms with van der Waals surface area (Å²) in [6, 6.07) is 8.53. The molecule has 0 spiro atoms. The lowest BCUT2D eigenvalue weighted by Gasteiger charge is -2.15. The van der Waals surface area contributed by atoms with Gasteiger partial charge in [-0.1, -0.05) is 6.07 Å². The van der Waals surface area contributed by atoms with E-state index in [-0.39, 0.29) is 10.9 Å². The van der Waals surface area contributed by atoms with Crippen LogP contribution in [0.25, 0.3) is 0 Å². The lowest BCUT2D eigenvalue weighted by atomic mass is 10.1. The van der Waals surface area contributed by atoms with Crippen molar-refractivity contribution in [2.45, 2.75) is 24.3 Å². The Morgan fingerprint density at radius 3 is 2.76 bits per heavy atom. The van der Waals surface area contributed by atoms with Gasteiger partial charge in [-0.25, -0.2) is 13.1 Å². The monoisotopic (exact) mass is 303 g/mol. The summed E-state index contributed by atoms with van der Waals surface area (Å²) in [6.07, 6.45) is 4.25. The Hall–Kier alpha value is -1.92. The average Bonchev–Trinajstić information content (AvgIpc) is 2.95. The molecule has 1 aliphatic heterocycles. The maximum atomic E-state index is 12.5. The molecule has 0 aliphatic carbocycles. The van der Waals surface area contributed by atoms with E-state index >= 15 is 0 Å². The van der Waals surface area contributed by atoms with Gasteiger partial charge in [0.15, 0.2) is 0 Å². The van der Waals surface area contributed by atoms with E-state index in [4.69, 9.17) is 0 Å². The van der Waals surface area contributed by atoms with Gasteiger partial charge in [0.1, 0.15) is 0 Å². The molecule has 3 rings (SSSR count). The van der Waals surface area contributed by atoms with Crippen molar-refractivity contribution in [1.29, 1.82) is 0 Å². The molecule has 0 amide bonds. The smallest absolute Gasteiger partial charge is 0.241 e. The second-order valence-corrected chi connectivity index (χ2v) is 6.83. The second-order valence-electron chi connectivity index (χ2n) is 5.12. The molecule has 2 N–H and O–H groups in total. The topological polar surface area (TPSA) is 71.1 Å². The lowest BCUT2D eigenvalue weighted by Crippen LogP contribution is -2.27. The van der Waals surface area contributed by atoms with Gasteiger partial charge in [0.25, 0.3) is 0 Å². The molecule has 0 bridgehead atoms. The van der Waals surface area contributed by atoms with Gasteiger partial charge >= 0.3 is 0 Å². The predicted molar refractivity (Wildman–Crippen MR) is 81.6 cm³/mol. The number of aromatic nitrogens is 1. The van der Waals surface area contributed by atoms with Crippen molar-refractivity contribution in [1.82, 2.24) is 9.71 Å². The van der Waals surface area contributed by atoms with E-state index in [9.17, 15) is 8.42 Å². The molecule has 0 fully saturated rings. The fourth-order valence-corrected chi connectivity index (χ4v) is 3.72. The first-order chi connectivity index (χ1) is 10.1. The second kappa shape index (κ2) is 5.46. The standard InChI is InChI=1S/C15H17N3O2S/c1-11(12-4-7-16-8-5-12)18-21(19,20)14-3-2-13-6-9-17-15(13)10-14/h2-5,7-8,10-11,17-18H,6,9H2,1H3. The number of nitrogens with zero attached hydrogens (tertiary/aromatic N) is 1. The molecule has 0 radical (unpaired) electrons. The third-order valence-electron chi connectivity index (χ3n) is 3.64. The summed E-state index contributed by atoms with van der Waals surface area (Å²) in [5.41, 5.74) is 2.96. The summed E-state index contributed by atoms with van der Waals surface area (Å²) in [6.45, 7) is 2.68. The number of nitrogens with one attached hydrogen (secondary N) is 2. The first-order valence-electron chi connectivity index (χ1n) is 6.85. The molecule has 1 aromatic carbocycles. The van der Waals surface area contributed by atoms with Gasteiger partial charge in [-0.2, -0.15) is 0 Å². The summed E-state index contributed by atoms with van der Waals surface area (Å²) in [5.74, 6) is 0. The zero-order valence-electron chi connectivity index (χ0n) is 11.7. The number of fused-ring (bicyclic) bond motifs is 1. The molecular weight excluding hydrogens is 286 g/mol. The molecule has 2 heterocycles. The molecule has 6 heteroatoms. The van der Waals surface area contributed by atoms with Crippen LogP contribution in [0.5, 0.6) is 0 Å². The van der Waals surface area contributed by atoms with E-state index in [2.05, 4.69) is 15.0 Å². The normalized spacial score (nSPS) is 15.3. The fourth-order valence-electron chi connectivity index (χ4n) is 2.46. The maximum absolute atomic E-state index is 12.5. The third-order valence-corrected chi connectivity index (χ3v) is 5.18. The van der Waals surface area contributed by atoms with Crippen LogP contribution in [0.4, 0.5) is 5.69 Å². The zero-order chi connectivity index (χ0) is 14.9. The maximum Gasteiger partial charge on any atom is 0.241 e. The highest BCUT2D eigenvalue weighted by Crippen LogP contribution is 2.26. The van der Waals surface area contributed by atoms with Crippen LogP contribution < -0.4 is 10.0 Å². The molecule has 5 nitrogen and oxygen atoms in total. The zero-order valence-corrected chi connectivity index (χ0v) is 12.5. The van der Waals surface area contributed by atoms with Crippen LogP contribution >= 0.6 is 0 Å². The number of pyridine rings is 1. The predicted octanol–water partition coefficient (Wildman–Crippen LogP) is 2.09. The highest BCUT2D eigenvalue weighted by Gasteiger charge is 2.20. The molecule has 0 saturated carbocycles. The Labute approximate surface area is 124 Å². The van der Waals surface area contributed by atoms with Gasteiger partial charge in [0.05, 0.1) is 4.90 Å². The molecule has 1 aliphatic rings. The van der Waals surface area contributed by atoms with E-state index in [1.807, 2.05) is 13.0 Å². The van der Waals surface area contributed by atoms with E-state index in [0.717, 1.165) is 29.8 Å². The van der Waals surface area contributed by atoms with E-state index < -0.39 is 10.0 Å². The fraction of sp³-hybridized carbons (Fsp3) is 0.267. The van der Waals surface area contributed by atoms with Crippen LogP contribution in [0, 0.1) is 0 Å². The number of benzene rings is 1. The van der Waals surface area contributed by atoms with Gasteiger partial charge < -0.3 is 5.32 Å². The number of hydrogen-bond acceptors (Lipinski definition) is 4. The van der Waals surface area contributed by atoms with Crippen molar-refractivity contribution in [3.63, 3.8) is 0 Å². The van der Waals surface area contributed by atoms with Gasteiger partial charge in [-0.3, -0.25) is 4.98 Å². The minimum absolute atomic E-state index is 0.288. The van der Waals surface area contributed by atoms with Crippen LogP contribution in [0.2, 0.25) is 0 Å². The van der Waals surface area contributed by atoms with Gasteiger partial charge in [0, 0.05) is 30.7 Å². The Kier molecular flexibility index (Phi) is 3.65. The molecule has 110 valence electrons. The van der Waals surface area contributed by atoms with Gasteiger partial charge in [-0.05, 0) is 48.7 Å². The molecule has 1 aromatic heterocycles. The molecule has 0 saturated heterocycles. The van der Waals surface area contributed by atoms with Gasteiger partial charge in [0.2, 0.25) is 10.0 Å². The highest BCUT2D eigenvalue weighted by molar-refractivity contribution is 7.89. The van der Waals surface area contributed by atoms with Crippen molar-refractivity contribution in [3.05, 3.63) is 53.9 Å². The first-order valence-corrected chi connectivity index (χ1v) is 8.34. The Morgan fingerprint density at radius 1 is 1.24 bits per heavy atom. The average molecular weight is 303 g/mol. The largest absolute Gasteiger partial charge is 0.384 e. The van der Waals surface area contributed by atoms with Crippen molar-refractivity contribution >= 4 is 15.7 Å². The van der Waals surface area contributed by atoms with Crippen molar-refractivity contribution in [2.24, 2.45) is 0 Å². The minimum atomic E-state index is -3.54. The molecular formula is C15H17N3O2S. The van der Waals surface area contributed by atoms with E-state index in [1.165, 1.54) is 0 Å². The quantitative estimate of drug-likeness (QED) is 0.907. The van der Waals surface area contributed by atoms with Crippen molar-refractivity contribution < 1.29 is 8.42 Å². The van der Waals surface area contributed by atoms with Crippen molar-refractivity contribution in [2.75, 3.05) is 11.9 Å². The number of rotatable bonds is 4. The third kappa shape index (κ3) is 2.91. The molecule has 21 heavy (non-hydrogen) atoms. The van der Waals surface area contributed by atoms with E-state index in [0.29, 0.717) is 0 Å². The SMILES string of the molecule is CC(NS(=O)(=O)c1ccc2c(c1)NCC2)c1ccncc1. The lowest BCUT2D eigenvalue weighted by molar-refractivity contribution is 0.567. The molecule has 1 unspecified atom stereocenters. The number of hydrogen-bond donors (Lipinski definition) is 2. The Balaban J connectivity index is 1.84. The molecule has 2 aromatic rings. The Bertz CT molecular complexity index is 745. The highest BCUT2D eigenvalue weighted by atomic mass is 32.2. The molecule has 1 atom stereocenters.